The molecular weight excluding hydrogens is 502 g/mol. The molecule has 0 spiro atoms. The Morgan fingerprint density at radius 3 is 1.57 bits per heavy atom. The van der Waals surface area contributed by atoms with Crippen LogP contribution in [-0.2, 0) is 4.79 Å². The molecule has 0 aliphatic heterocycles. The van der Waals surface area contributed by atoms with Crippen LogP contribution in [0.3, 0.4) is 0 Å². The zero-order valence-electron chi connectivity index (χ0n) is 25.8. The number of amides is 1. The van der Waals surface area contributed by atoms with Crippen LogP contribution in [0.5, 0.6) is 0 Å². The Bertz CT molecular complexity index is 648. The summed E-state index contributed by atoms with van der Waals surface area (Å²) in [6, 6.07) is -1.01. The summed E-state index contributed by atoms with van der Waals surface area (Å²) in [6.07, 6.45) is 30.2. The molecule has 0 aromatic rings. The first kappa shape index (κ1) is 38.5. The number of hydrogen-bond donors (Lipinski definition) is 5. The first-order chi connectivity index (χ1) is 19.5. The third kappa shape index (κ3) is 23.3. The van der Waals surface area contributed by atoms with Gasteiger partial charge in [-0.15, -0.1) is 0 Å². The predicted molar refractivity (Wildman–Crippen MR) is 168 cm³/mol. The molecule has 5 N–H and O–H groups in total. The number of allylic oxidation sites excluding steroid dienone is 6. The van der Waals surface area contributed by atoms with Gasteiger partial charge in [-0.25, -0.2) is 0 Å². The van der Waals surface area contributed by atoms with Gasteiger partial charge in [-0.1, -0.05) is 121 Å². The van der Waals surface area contributed by atoms with E-state index in [2.05, 4.69) is 55.6 Å². The summed E-state index contributed by atoms with van der Waals surface area (Å²) in [5.41, 5.74) is 0. The Balaban J connectivity index is 3.98. The maximum Gasteiger partial charge on any atom is 0.249 e. The summed E-state index contributed by atoms with van der Waals surface area (Å²) in [7, 11) is 0. The van der Waals surface area contributed by atoms with Crippen molar-refractivity contribution >= 4 is 5.91 Å². The monoisotopic (exact) mass is 565 g/mol. The summed E-state index contributed by atoms with van der Waals surface area (Å²) in [5.74, 6) is -0.605. The molecule has 0 bridgehead atoms. The van der Waals surface area contributed by atoms with Gasteiger partial charge in [-0.3, -0.25) is 4.79 Å². The third-order valence-corrected chi connectivity index (χ3v) is 7.29. The van der Waals surface area contributed by atoms with Crippen LogP contribution in [0, 0.1) is 0 Å². The molecule has 0 aromatic carbocycles. The minimum atomic E-state index is -1.29. The van der Waals surface area contributed by atoms with Gasteiger partial charge in [0.2, 0.25) is 5.91 Å². The topological polar surface area (TPSA) is 110 Å². The van der Waals surface area contributed by atoms with Crippen molar-refractivity contribution in [2.45, 2.75) is 167 Å². The van der Waals surface area contributed by atoms with Gasteiger partial charge in [0, 0.05) is 0 Å². The molecule has 4 atom stereocenters. The Morgan fingerprint density at radius 2 is 1.07 bits per heavy atom. The van der Waals surface area contributed by atoms with Crippen LogP contribution in [0.1, 0.15) is 142 Å². The molecule has 0 saturated carbocycles. The highest BCUT2D eigenvalue weighted by atomic mass is 16.3. The maximum atomic E-state index is 12.3. The van der Waals surface area contributed by atoms with E-state index in [-0.39, 0.29) is 0 Å². The molecule has 0 fully saturated rings. The number of carbonyl (C=O) groups excluding carboxylic acids is 1. The van der Waals surface area contributed by atoms with Crippen molar-refractivity contribution in [3.8, 4) is 0 Å². The van der Waals surface area contributed by atoms with Crippen LogP contribution < -0.4 is 5.32 Å². The molecule has 0 aliphatic carbocycles. The minimum Gasteiger partial charge on any atom is -0.394 e. The largest absolute Gasteiger partial charge is 0.394 e. The lowest BCUT2D eigenvalue weighted by atomic mass is 10.00. The van der Waals surface area contributed by atoms with Gasteiger partial charge in [-0.05, 0) is 57.8 Å². The lowest BCUT2D eigenvalue weighted by Crippen LogP contribution is -2.53. The SMILES string of the molecule is CCC/C=C/CC/C=C/CC/C=C/CCCC(O)C(O)C(CO)NC(=O)C(O)CCCCCCCCCCCC. The van der Waals surface area contributed by atoms with Gasteiger partial charge < -0.3 is 25.7 Å². The Kier molecular flexibility index (Phi) is 28.0. The van der Waals surface area contributed by atoms with E-state index in [9.17, 15) is 25.2 Å². The molecule has 0 radical (unpaired) electrons. The second-order valence-electron chi connectivity index (χ2n) is 11.1. The number of unbranched alkanes of at least 4 members (excludes halogenated alkanes) is 13. The summed E-state index contributed by atoms with van der Waals surface area (Å²) < 4.78 is 0. The predicted octanol–water partition coefficient (Wildman–Crippen LogP) is 7.06. The first-order valence-electron chi connectivity index (χ1n) is 16.4. The maximum absolute atomic E-state index is 12.3. The van der Waals surface area contributed by atoms with Crippen molar-refractivity contribution in [3.05, 3.63) is 36.5 Å². The Labute approximate surface area is 246 Å². The first-order valence-corrected chi connectivity index (χ1v) is 16.4. The van der Waals surface area contributed by atoms with E-state index in [0.29, 0.717) is 19.3 Å². The van der Waals surface area contributed by atoms with E-state index < -0.39 is 36.9 Å². The standard InChI is InChI=1S/C34H63NO5/c1-3-5-7-9-11-13-15-16-17-18-20-21-23-25-27-31(37)33(39)30(29-36)35-34(40)32(38)28-26-24-22-19-14-12-10-8-6-4-2/h7,9,15-16,20-21,30-33,36-39H,3-6,8,10-14,17-19,22-29H2,1-2H3,(H,35,40)/b9-7+,16-15+,21-20+. The average molecular weight is 566 g/mol. The lowest BCUT2D eigenvalue weighted by Gasteiger charge is -2.27. The molecule has 6 nitrogen and oxygen atoms in total. The number of nitrogens with one attached hydrogen (secondary N) is 1. The van der Waals surface area contributed by atoms with Crippen molar-refractivity contribution in [2.75, 3.05) is 6.61 Å². The number of rotatable bonds is 28. The van der Waals surface area contributed by atoms with Crippen LogP contribution in [0.15, 0.2) is 36.5 Å². The molecule has 234 valence electrons. The summed E-state index contributed by atoms with van der Waals surface area (Å²) in [6.45, 7) is 3.91. The summed E-state index contributed by atoms with van der Waals surface area (Å²) >= 11 is 0. The number of aliphatic hydroxyl groups is 4. The van der Waals surface area contributed by atoms with Crippen molar-refractivity contribution < 1.29 is 25.2 Å². The zero-order chi connectivity index (χ0) is 29.7. The normalized spacial score (nSPS) is 15.2. The average Bonchev–Trinajstić information content (AvgIpc) is 2.96. The van der Waals surface area contributed by atoms with E-state index in [0.717, 1.165) is 57.8 Å². The van der Waals surface area contributed by atoms with Gasteiger partial charge >= 0.3 is 0 Å². The molecule has 0 aromatic heterocycles. The smallest absolute Gasteiger partial charge is 0.249 e. The fraction of sp³-hybridized carbons (Fsp3) is 0.794. The Hall–Kier alpha value is -1.47. The van der Waals surface area contributed by atoms with Crippen LogP contribution in [0.4, 0.5) is 0 Å². The number of aliphatic hydroxyl groups excluding tert-OH is 4. The summed E-state index contributed by atoms with van der Waals surface area (Å²) in [4.78, 5) is 12.3. The molecule has 6 heteroatoms. The Morgan fingerprint density at radius 1 is 0.600 bits per heavy atom. The van der Waals surface area contributed by atoms with E-state index in [1.807, 2.05) is 0 Å². The number of hydrogen-bond acceptors (Lipinski definition) is 5. The third-order valence-electron chi connectivity index (χ3n) is 7.29. The molecule has 4 unspecified atom stereocenters. The van der Waals surface area contributed by atoms with Gasteiger partial charge in [0.25, 0.3) is 0 Å². The number of carbonyl (C=O) groups is 1. The van der Waals surface area contributed by atoms with Crippen molar-refractivity contribution in [1.82, 2.24) is 5.32 Å². The lowest BCUT2D eigenvalue weighted by molar-refractivity contribution is -0.132. The van der Waals surface area contributed by atoms with Crippen LogP contribution in [-0.4, -0.2) is 57.3 Å². The summed E-state index contributed by atoms with van der Waals surface area (Å²) in [5, 5.41) is 43.2. The van der Waals surface area contributed by atoms with Crippen molar-refractivity contribution in [3.63, 3.8) is 0 Å². The molecule has 0 rings (SSSR count). The fourth-order valence-corrected chi connectivity index (χ4v) is 4.62. The molecule has 1 amide bonds. The van der Waals surface area contributed by atoms with E-state index in [1.54, 1.807) is 0 Å². The van der Waals surface area contributed by atoms with Crippen molar-refractivity contribution in [1.29, 1.82) is 0 Å². The van der Waals surface area contributed by atoms with Gasteiger partial charge in [0.15, 0.2) is 0 Å². The molecule has 0 aliphatic rings. The second kappa shape index (κ2) is 29.0. The fourth-order valence-electron chi connectivity index (χ4n) is 4.62. The highest BCUT2D eigenvalue weighted by molar-refractivity contribution is 5.80. The minimum absolute atomic E-state index is 0.359. The quantitative estimate of drug-likeness (QED) is 0.0515. The van der Waals surface area contributed by atoms with Gasteiger partial charge in [0.05, 0.1) is 18.8 Å². The van der Waals surface area contributed by atoms with E-state index in [4.69, 9.17) is 0 Å². The molecular formula is C34H63NO5. The molecule has 0 heterocycles. The highest BCUT2D eigenvalue weighted by Crippen LogP contribution is 2.13. The molecule has 0 saturated heterocycles. The van der Waals surface area contributed by atoms with Crippen LogP contribution in [0.2, 0.25) is 0 Å². The highest BCUT2D eigenvalue weighted by Gasteiger charge is 2.28. The van der Waals surface area contributed by atoms with E-state index >= 15 is 0 Å². The molecule has 40 heavy (non-hydrogen) atoms. The second-order valence-corrected chi connectivity index (χ2v) is 11.1. The van der Waals surface area contributed by atoms with Crippen molar-refractivity contribution in [2.24, 2.45) is 0 Å². The van der Waals surface area contributed by atoms with Crippen LogP contribution in [0.25, 0.3) is 0 Å². The van der Waals surface area contributed by atoms with Gasteiger partial charge in [-0.2, -0.15) is 0 Å². The van der Waals surface area contributed by atoms with Gasteiger partial charge in [0.1, 0.15) is 12.2 Å². The van der Waals surface area contributed by atoms with Crippen LogP contribution >= 0.6 is 0 Å². The zero-order valence-corrected chi connectivity index (χ0v) is 25.8. The van der Waals surface area contributed by atoms with E-state index in [1.165, 1.54) is 51.4 Å².